The minimum Gasteiger partial charge on any atom is -0.467 e. The van der Waals surface area contributed by atoms with Crippen molar-refractivity contribution in [2.45, 2.75) is 6.54 Å². The van der Waals surface area contributed by atoms with Crippen LogP contribution in [0.1, 0.15) is 16.1 Å². The van der Waals surface area contributed by atoms with Crippen molar-refractivity contribution in [3.05, 3.63) is 47.9 Å². The van der Waals surface area contributed by atoms with Crippen molar-refractivity contribution in [2.24, 2.45) is 0 Å². The lowest BCUT2D eigenvalue weighted by Crippen LogP contribution is -2.44. The van der Waals surface area contributed by atoms with Crippen molar-refractivity contribution in [3.8, 4) is 0 Å². The summed E-state index contributed by atoms with van der Waals surface area (Å²) in [5.74, 6) is 0.470. The average molecular weight is 329 g/mol. The molecule has 24 heavy (non-hydrogen) atoms. The first-order valence-electron chi connectivity index (χ1n) is 8.09. The SMILES string of the molecule is COC(=O)c1ccc(N2CCN(C)CC2)cc1NCc1ccco1. The Hall–Kier alpha value is -2.47. The molecule has 1 N–H and O–H groups in total. The molecule has 0 saturated carbocycles. The fourth-order valence-corrected chi connectivity index (χ4v) is 2.82. The predicted octanol–water partition coefficient (Wildman–Crippen LogP) is 2.43. The molecule has 1 fully saturated rings. The van der Waals surface area contributed by atoms with E-state index in [2.05, 4.69) is 22.2 Å². The van der Waals surface area contributed by atoms with E-state index in [4.69, 9.17) is 9.15 Å². The van der Waals surface area contributed by atoms with Gasteiger partial charge in [0.25, 0.3) is 0 Å². The van der Waals surface area contributed by atoms with E-state index < -0.39 is 0 Å². The third-order valence-electron chi connectivity index (χ3n) is 4.31. The van der Waals surface area contributed by atoms with Crippen LogP contribution in [0.5, 0.6) is 0 Å². The number of carbonyl (C=O) groups is 1. The molecule has 6 heteroatoms. The Balaban J connectivity index is 1.81. The van der Waals surface area contributed by atoms with Crippen molar-refractivity contribution in [3.63, 3.8) is 0 Å². The fourth-order valence-electron chi connectivity index (χ4n) is 2.82. The summed E-state index contributed by atoms with van der Waals surface area (Å²) in [5, 5.41) is 3.29. The first kappa shape index (κ1) is 16.4. The summed E-state index contributed by atoms with van der Waals surface area (Å²) in [7, 11) is 3.53. The van der Waals surface area contributed by atoms with Crippen molar-refractivity contribution >= 4 is 17.3 Å². The van der Waals surface area contributed by atoms with E-state index in [9.17, 15) is 4.79 Å². The van der Waals surface area contributed by atoms with E-state index in [1.807, 2.05) is 30.3 Å². The van der Waals surface area contributed by atoms with Crippen molar-refractivity contribution in [1.29, 1.82) is 0 Å². The van der Waals surface area contributed by atoms with Gasteiger partial charge in [-0.1, -0.05) is 0 Å². The topological polar surface area (TPSA) is 58.0 Å². The number of piperazine rings is 1. The average Bonchev–Trinajstić information content (AvgIpc) is 3.13. The molecule has 0 radical (unpaired) electrons. The summed E-state index contributed by atoms with van der Waals surface area (Å²) in [6.07, 6.45) is 1.64. The number of furan rings is 1. The zero-order valence-corrected chi connectivity index (χ0v) is 14.1. The number of rotatable bonds is 5. The monoisotopic (exact) mass is 329 g/mol. The van der Waals surface area contributed by atoms with Crippen LogP contribution >= 0.6 is 0 Å². The summed E-state index contributed by atoms with van der Waals surface area (Å²) >= 11 is 0. The number of nitrogens with zero attached hydrogens (tertiary/aromatic N) is 2. The van der Waals surface area contributed by atoms with E-state index >= 15 is 0 Å². The number of hydrogen-bond donors (Lipinski definition) is 1. The van der Waals surface area contributed by atoms with Crippen molar-refractivity contribution < 1.29 is 13.9 Å². The Kier molecular flexibility index (Phi) is 5.05. The lowest BCUT2D eigenvalue weighted by atomic mass is 10.1. The molecule has 0 unspecified atom stereocenters. The number of ether oxygens (including phenoxy) is 1. The molecule has 0 atom stereocenters. The third kappa shape index (κ3) is 3.71. The number of esters is 1. The summed E-state index contributed by atoms with van der Waals surface area (Å²) in [6.45, 7) is 4.54. The molecule has 1 aliphatic heterocycles. The van der Waals surface area contributed by atoms with E-state index in [-0.39, 0.29) is 5.97 Å². The Morgan fingerprint density at radius 1 is 1.25 bits per heavy atom. The molecule has 128 valence electrons. The second-order valence-corrected chi connectivity index (χ2v) is 5.94. The van der Waals surface area contributed by atoms with Crippen LogP contribution in [-0.4, -0.2) is 51.2 Å². The van der Waals surface area contributed by atoms with Crippen LogP contribution in [-0.2, 0) is 11.3 Å². The van der Waals surface area contributed by atoms with Gasteiger partial charge in [0.15, 0.2) is 0 Å². The van der Waals surface area contributed by atoms with Gasteiger partial charge in [0.1, 0.15) is 5.76 Å². The van der Waals surface area contributed by atoms with Crippen LogP contribution in [0, 0.1) is 0 Å². The minimum atomic E-state index is -0.345. The highest BCUT2D eigenvalue weighted by Crippen LogP contribution is 2.26. The molecule has 3 rings (SSSR count). The second-order valence-electron chi connectivity index (χ2n) is 5.94. The number of hydrogen-bond acceptors (Lipinski definition) is 6. The predicted molar refractivity (Wildman–Crippen MR) is 93.5 cm³/mol. The molecule has 6 nitrogen and oxygen atoms in total. The van der Waals surface area contributed by atoms with Crippen LogP contribution in [0.3, 0.4) is 0 Å². The van der Waals surface area contributed by atoms with E-state index in [1.54, 1.807) is 6.26 Å². The largest absolute Gasteiger partial charge is 0.467 e. The van der Waals surface area contributed by atoms with Gasteiger partial charge in [-0.3, -0.25) is 0 Å². The van der Waals surface area contributed by atoms with E-state index in [0.29, 0.717) is 12.1 Å². The molecule has 1 aliphatic rings. The third-order valence-corrected chi connectivity index (χ3v) is 4.31. The number of nitrogens with one attached hydrogen (secondary N) is 1. The van der Waals surface area contributed by atoms with Gasteiger partial charge < -0.3 is 24.3 Å². The summed E-state index contributed by atoms with van der Waals surface area (Å²) in [4.78, 5) is 16.7. The van der Waals surface area contributed by atoms with Gasteiger partial charge >= 0.3 is 5.97 Å². The van der Waals surface area contributed by atoms with Crippen LogP contribution in [0.4, 0.5) is 11.4 Å². The Labute approximate surface area is 142 Å². The summed E-state index contributed by atoms with van der Waals surface area (Å²) in [5.41, 5.74) is 2.40. The second kappa shape index (κ2) is 7.40. The van der Waals surface area contributed by atoms with Crippen LogP contribution in [0.2, 0.25) is 0 Å². The molecule has 0 spiro atoms. The zero-order valence-electron chi connectivity index (χ0n) is 14.1. The Morgan fingerprint density at radius 2 is 2.04 bits per heavy atom. The lowest BCUT2D eigenvalue weighted by molar-refractivity contribution is 0.0602. The molecule has 1 aromatic heterocycles. The van der Waals surface area contributed by atoms with Gasteiger partial charge in [-0.25, -0.2) is 4.79 Å². The maximum atomic E-state index is 12.0. The van der Waals surface area contributed by atoms with Gasteiger partial charge in [0, 0.05) is 31.9 Å². The highest BCUT2D eigenvalue weighted by atomic mass is 16.5. The number of benzene rings is 1. The highest BCUT2D eigenvalue weighted by Gasteiger charge is 2.18. The number of anilines is 2. The summed E-state index contributed by atoms with van der Waals surface area (Å²) in [6, 6.07) is 9.56. The van der Waals surface area contributed by atoms with Gasteiger partial charge in [0.05, 0.1) is 31.2 Å². The molecular formula is C18H23N3O3. The lowest BCUT2D eigenvalue weighted by Gasteiger charge is -2.34. The molecule has 0 bridgehead atoms. The van der Waals surface area contributed by atoms with Gasteiger partial charge in [-0.2, -0.15) is 0 Å². The quantitative estimate of drug-likeness (QED) is 0.850. The maximum Gasteiger partial charge on any atom is 0.339 e. The first-order valence-corrected chi connectivity index (χ1v) is 8.09. The Bertz CT molecular complexity index is 677. The first-order chi connectivity index (χ1) is 11.7. The van der Waals surface area contributed by atoms with Crippen LogP contribution in [0.25, 0.3) is 0 Å². The number of carbonyl (C=O) groups excluding carboxylic acids is 1. The Morgan fingerprint density at radius 3 is 2.71 bits per heavy atom. The normalized spacial score (nSPS) is 15.3. The molecule has 2 heterocycles. The van der Waals surface area contributed by atoms with Gasteiger partial charge in [-0.05, 0) is 37.4 Å². The van der Waals surface area contributed by atoms with E-state index in [0.717, 1.165) is 43.3 Å². The summed E-state index contributed by atoms with van der Waals surface area (Å²) < 4.78 is 10.2. The zero-order chi connectivity index (χ0) is 16.9. The minimum absolute atomic E-state index is 0.345. The highest BCUT2D eigenvalue weighted by molar-refractivity contribution is 5.96. The fraction of sp³-hybridized carbons (Fsp3) is 0.389. The van der Waals surface area contributed by atoms with Crippen LogP contribution in [0.15, 0.2) is 41.0 Å². The van der Waals surface area contributed by atoms with Crippen molar-refractivity contribution in [1.82, 2.24) is 4.90 Å². The molecule has 0 amide bonds. The van der Waals surface area contributed by atoms with Gasteiger partial charge in [-0.15, -0.1) is 0 Å². The standard InChI is InChI=1S/C18H23N3O3/c1-20-7-9-21(10-8-20)14-5-6-16(18(22)23-2)17(12-14)19-13-15-4-3-11-24-15/h3-6,11-12,19H,7-10,13H2,1-2H3. The maximum absolute atomic E-state index is 12.0. The molecule has 1 saturated heterocycles. The number of likely N-dealkylation sites (N-methyl/N-ethyl adjacent to an activating group) is 1. The molecule has 1 aromatic carbocycles. The van der Waals surface area contributed by atoms with E-state index in [1.165, 1.54) is 7.11 Å². The van der Waals surface area contributed by atoms with Gasteiger partial charge in [0.2, 0.25) is 0 Å². The smallest absolute Gasteiger partial charge is 0.339 e. The molecule has 0 aliphatic carbocycles. The van der Waals surface area contributed by atoms with Crippen molar-refractivity contribution in [2.75, 3.05) is 50.6 Å². The number of methoxy groups -OCH3 is 1. The molecular weight excluding hydrogens is 306 g/mol. The van der Waals surface area contributed by atoms with Crippen LogP contribution < -0.4 is 10.2 Å². The molecule has 2 aromatic rings.